The minimum atomic E-state index is -0.313. The van der Waals surface area contributed by atoms with Crippen LogP contribution in [0.25, 0.3) is 0 Å². The van der Waals surface area contributed by atoms with Crippen molar-refractivity contribution in [1.82, 2.24) is 5.32 Å². The van der Waals surface area contributed by atoms with Gasteiger partial charge in [0.2, 0.25) is 0 Å². The molecule has 0 aliphatic heterocycles. The molecule has 0 bridgehead atoms. The van der Waals surface area contributed by atoms with Crippen molar-refractivity contribution in [2.45, 2.75) is 46.6 Å². The Balaban J connectivity index is 2.81. The van der Waals surface area contributed by atoms with Crippen molar-refractivity contribution < 1.29 is 9.90 Å². The quantitative estimate of drug-likeness (QED) is 0.580. The largest absolute Gasteiger partial charge is 0.506 e. The summed E-state index contributed by atoms with van der Waals surface area (Å²) in [5, 5.41) is 12.5. The summed E-state index contributed by atoms with van der Waals surface area (Å²) in [4.78, 5) is 12.1. The van der Waals surface area contributed by atoms with Crippen LogP contribution in [0.1, 0.15) is 51.4 Å². The molecule has 0 radical (unpaired) electrons. The number of amides is 1. The average molecular weight is 264 g/mol. The van der Waals surface area contributed by atoms with E-state index in [4.69, 9.17) is 5.73 Å². The number of anilines is 1. The van der Waals surface area contributed by atoms with Crippen molar-refractivity contribution in [1.29, 1.82) is 0 Å². The number of rotatable bonds is 3. The highest BCUT2D eigenvalue weighted by Gasteiger charge is 2.27. The van der Waals surface area contributed by atoms with Gasteiger partial charge < -0.3 is 16.2 Å². The minimum Gasteiger partial charge on any atom is -0.506 e. The topological polar surface area (TPSA) is 75.4 Å². The van der Waals surface area contributed by atoms with E-state index in [0.717, 1.165) is 6.42 Å². The lowest BCUT2D eigenvalue weighted by atomic mass is 9.81. The molecule has 4 nitrogen and oxygen atoms in total. The molecular formula is C15H24N2O2. The maximum absolute atomic E-state index is 12.1. The Morgan fingerprint density at radius 1 is 1.26 bits per heavy atom. The zero-order valence-electron chi connectivity index (χ0n) is 12.4. The van der Waals surface area contributed by atoms with Gasteiger partial charge >= 0.3 is 0 Å². The van der Waals surface area contributed by atoms with E-state index in [1.807, 2.05) is 13.8 Å². The maximum atomic E-state index is 12.1. The highest BCUT2D eigenvalue weighted by molar-refractivity contribution is 5.95. The number of nitrogens with one attached hydrogen (secondary N) is 1. The van der Waals surface area contributed by atoms with Crippen molar-refractivity contribution in [2.24, 2.45) is 5.41 Å². The first-order valence-electron chi connectivity index (χ1n) is 6.41. The Bertz CT molecular complexity index is 474. The van der Waals surface area contributed by atoms with Crippen molar-refractivity contribution in [3.63, 3.8) is 0 Å². The Kier molecular flexibility index (Phi) is 4.13. The van der Waals surface area contributed by atoms with Crippen molar-refractivity contribution >= 4 is 11.6 Å². The van der Waals surface area contributed by atoms with Crippen LogP contribution in [0, 0.1) is 5.41 Å². The van der Waals surface area contributed by atoms with E-state index in [1.165, 1.54) is 12.1 Å². The van der Waals surface area contributed by atoms with Gasteiger partial charge in [-0.3, -0.25) is 4.79 Å². The third-order valence-corrected chi connectivity index (χ3v) is 2.72. The third kappa shape index (κ3) is 4.81. The lowest BCUT2D eigenvalue weighted by molar-refractivity contribution is 0.0891. The molecule has 0 heterocycles. The molecule has 0 aliphatic rings. The summed E-state index contributed by atoms with van der Waals surface area (Å²) in [5.74, 6) is -0.272. The highest BCUT2D eigenvalue weighted by atomic mass is 16.3. The molecule has 4 N–H and O–H groups in total. The van der Waals surface area contributed by atoms with Gasteiger partial charge in [-0.05, 0) is 43.9 Å². The number of hydrogen-bond acceptors (Lipinski definition) is 3. The van der Waals surface area contributed by atoms with Gasteiger partial charge in [-0.2, -0.15) is 0 Å². The summed E-state index contributed by atoms with van der Waals surface area (Å²) >= 11 is 0. The summed E-state index contributed by atoms with van der Waals surface area (Å²) in [6, 6.07) is 4.52. The zero-order chi connectivity index (χ0) is 14.8. The van der Waals surface area contributed by atoms with Crippen LogP contribution in [0.5, 0.6) is 5.75 Å². The summed E-state index contributed by atoms with van der Waals surface area (Å²) < 4.78 is 0. The number of carbonyl (C=O) groups excluding carboxylic acids is 1. The average Bonchev–Trinajstić information content (AvgIpc) is 2.17. The summed E-state index contributed by atoms with van der Waals surface area (Å²) in [7, 11) is 0. The molecule has 0 spiro atoms. The highest BCUT2D eigenvalue weighted by Crippen LogP contribution is 2.27. The second-order valence-electron chi connectivity index (χ2n) is 6.85. The van der Waals surface area contributed by atoms with Crippen LogP contribution < -0.4 is 11.1 Å². The van der Waals surface area contributed by atoms with E-state index in [1.54, 1.807) is 6.07 Å². The van der Waals surface area contributed by atoms with Crippen molar-refractivity contribution in [2.75, 3.05) is 5.73 Å². The zero-order valence-corrected chi connectivity index (χ0v) is 12.4. The molecular weight excluding hydrogens is 240 g/mol. The number of hydrogen-bond donors (Lipinski definition) is 3. The van der Waals surface area contributed by atoms with Crippen LogP contribution in [0.2, 0.25) is 0 Å². The van der Waals surface area contributed by atoms with Gasteiger partial charge in [0.15, 0.2) is 0 Å². The molecule has 0 unspecified atom stereocenters. The number of aromatic hydroxyl groups is 1. The predicted octanol–water partition coefficient (Wildman–Crippen LogP) is 2.92. The van der Waals surface area contributed by atoms with Crippen LogP contribution in [0.4, 0.5) is 5.69 Å². The van der Waals surface area contributed by atoms with Crippen LogP contribution in [0.15, 0.2) is 18.2 Å². The Hall–Kier alpha value is -1.71. The number of phenolic OH excluding ortho intramolecular Hbond substituents is 1. The second kappa shape index (κ2) is 5.11. The molecule has 19 heavy (non-hydrogen) atoms. The fourth-order valence-corrected chi connectivity index (χ4v) is 2.43. The third-order valence-electron chi connectivity index (χ3n) is 2.72. The first kappa shape index (κ1) is 15.3. The molecule has 1 rings (SSSR count). The molecule has 0 aromatic heterocycles. The molecule has 1 aromatic rings. The number of benzene rings is 1. The minimum absolute atomic E-state index is 0.0683. The molecule has 0 atom stereocenters. The van der Waals surface area contributed by atoms with Gasteiger partial charge in [0, 0.05) is 11.1 Å². The van der Waals surface area contributed by atoms with E-state index >= 15 is 0 Å². The Labute approximate surface area is 115 Å². The van der Waals surface area contributed by atoms with Crippen LogP contribution in [-0.4, -0.2) is 16.6 Å². The maximum Gasteiger partial charge on any atom is 0.251 e. The van der Waals surface area contributed by atoms with E-state index < -0.39 is 0 Å². The van der Waals surface area contributed by atoms with Gasteiger partial charge in [-0.15, -0.1) is 0 Å². The van der Waals surface area contributed by atoms with Crippen molar-refractivity contribution in [3.8, 4) is 5.75 Å². The lowest BCUT2D eigenvalue weighted by Crippen LogP contribution is -2.45. The lowest BCUT2D eigenvalue weighted by Gasteiger charge is -2.33. The van der Waals surface area contributed by atoms with E-state index in [-0.39, 0.29) is 28.3 Å². The smallest absolute Gasteiger partial charge is 0.251 e. The van der Waals surface area contributed by atoms with Gasteiger partial charge in [0.05, 0.1) is 5.69 Å². The van der Waals surface area contributed by atoms with E-state index in [0.29, 0.717) is 5.56 Å². The molecule has 1 aromatic carbocycles. The number of nitrogens with two attached hydrogens (primary N) is 1. The van der Waals surface area contributed by atoms with Crippen LogP contribution in [0.3, 0.4) is 0 Å². The molecule has 0 saturated heterocycles. The van der Waals surface area contributed by atoms with Crippen LogP contribution >= 0.6 is 0 Å². The molecule has 0 saturated carbocycles. The molecule has 1 amide bonds. The number of nitrogen functional groups attached to an aromatic ring is 1. The number of phenols is 1. The number of carbonyl (C=O) groups is 1. The second-order valence-corrected chi connectivity index (χ2v) is 6.85. The molecule has 0 fully saturated rings. The molecule has 106 valence electrons. The summed E-state index contributed by atoms with van der Waals surface area (Å²) in [6.07, 6.45) is 0.854. The fourth-order valence-electron chi connectivity index (χ4n) is 2.43. The molecule has 4 heteroatoms. The van der Waals surface area contributed by atoms with E-state index in [2.05, 4.69) is 26.1 Å². The first-order valence-corrected chi connectivity index (χ1v) is 6.41. The SMILES string of the molecule is CC(C)(C)CC(C)(C)NC(=O)c1ccc(N)c(O)c1. The monoisotopic (exact) mass is 264 g/mol. The van der Waals surface area contributed by atoms with Crippen molar-refractivity contribution in [3.05, 3.63) is 23.8 Å². The first-order chi connectivity index (χ1) is 8.50. The summed E-state index contributed by atoms with van der Waals surface area (Å²) in [6.45, 7) is 10.4. The fraction of sp³-hybridized carbons (Fsp3) is 0.533. The van der Waals surface area contributed by atoms with Gasteiger partial charge in [-0.1, -0.05) is 20.8 Å². The van der Waals surface area contributed by atoms with Crippen LogP contribution in [-0.2, 0) is 0 Å². The van der Waals surface area contributed by atoms with Gasteiger partial charge in [0.25, 0.3) is 5.91 Å². The Morgan fingerprint density at radius 3 is 2.32 bits per heavy atom. The van der Waals surface area contributed by atoms with Gasteiger partial charge in [-0.25, -0.2) is 0 Å². The van der Waals surface area contributed by atoms with Gasteiger partial charge in [0.1, 0.15) is 5.75 Å². The predicted molar refractivity (Wildman–Crippen MR) is 78.1 cm³/mol. The summed E-state index contributed by atoms with van der Waals surface area (Å²) in [5.41, 5.74) is 6.01. The molecule has 0 aliphatic carbocycles. The standard InChI is InChI=1S/C15H24N2O2/c1-14(2,3)9-15(4,5)17-13(19)10-6-7-11(16)12(18)8-10/h6-8,18H,9,16H2,1-5H3,(H,17,19). The van der Waals surface area contributed by atoms with E-state index in [9.17, 15) is 9.90 Å². The Morgan fingerprint density at radius 2 is 1.84 bits per heavy atom. The normalized spacial score (nSPS) is 12.3.